The van der Waals surface area contributed by atoms with Gasteiger partial charge in [0.25, 0.3) is 5.91 Å². The lowest BCUT2D eigenvalue weighted by atomic mass is 9.86. The van der Waals surface area contributed by atoms with Crippen molar-refractivity contribution < 1.29 is 14.3 Å². The highest BCUT2D eigenvalue weighted by Crippen LogP contribution is 2.53. The maximum absolute atomic E-state index is 12.7. The molecule has 2 aliphatic carbocycles. The first kappa shape index (κ1) is 10.7. The van der Waals surface area contributed by atoms with Crippen LogP contribution < -0.4 is 0 Å². The molecule has 1 saturated carbocycles. The molecule has 5 unspecified atom stereocenters. The molecule has 2 aliphatic heterocycles. The molecule has 4 nitrogen and oxygen atoms in total. The lowest BCUT2D eigenvalue weighted by Gasteiger charge is -2.42. The fourth-order valence-electron chi connectivity index (χ4n) is 4.39. The number of ether oxygens (including phenoxy) is 1. The second kappa shape index (κ2) is 3.32. The molecule has 20 heavy (non-hydrogen) atoms. The summed E-state index contributed by atoms with van der Waals surface area (Å²) < 4.78 is 5.61. The van der Waals surface area contributed by atoms with Crippen LogP contribution in [0.3, 0.4) is 0 Å². The van der Waals surface area contributed by atoms with E-state index in [9.17, 15) is 9.59 Å². The van der Waals surface area contributed by atoms with Crippen molar-refractivity contribution in [1.82, 2.24) is 4.90 Å². The van der Waals surface area contributed by atoms with E-state index < -0.39 is 6.23 Å². The first-order valence-electron chi connectivity index (χ1n) is 7.06. The Morgan fingerprint density at radius 1 is 1.10 bits per heavy atom. The van der Waals surface area contributed by atoms with Gasteiger partial charge in [0.05, 0.1) is 12.0 Å². The van der Waals surface area contributed by atoms with Gasteiger partial charge < -0.3 is 4.74 Å². The average molecular weight is 267 g/mol. The van der Waals surface area contributed by atoms with Crippen molar-refractivity contribution in [3.8, 4) is 0 Å². The molecule has 1 aromatic carbocycles. The first-order chi connectivity index (χ1) is 9.75. The molecule has 4 aliphatic rings. The van der Waals surface area contributed by atoms with Crippen LogP contribution in [0.15, 0.2) is 36.4 Å². The van der Waals surface area contributed by atoms with E-state index in [-0.39, 0.29) is 29.8 Å². The minimum atomic E-state index is -0.514. The van der Waals surface area contributed by atoms with Gasteiger partial charge in [-0.2, -0.15) is 0 Å². The van der Waals surface area contributed by atoms with Gasteiger partial charge in [-0.05, 0) is 24.3 Å². The molecule has 0 N–H and O–H groups in total. The Labute approximate surface area is 116 Å². The van der Waals surface area contributed by atoms with E-state index in [1.165, 1.54) is 0 Å². The van der Waals surface area contributed by atoms with E-state index in [4.69, 9.17) is 4.74 Å². The van der Waals surface area contributed by atoms with Crippen LogP contribution in [0, 0.1) is 17.8 Å². The second-order valence-electron chi connectivity index (χ2n) is 6.05. The van der Waals surface area contributed by atoms with Gasteiger partial charge in [0.1, 0.15) is 0 Å². The molecule has 1 amide bonds. The third-order valence-electron chi connectivity index (χ3n) is 5.18. The van der Waals surface area contributed by atoms with Crippen molar-refractivity contribution in [2.75, 3.05) is 0 Å². The standard InChI is InChI=1S/C16H13NO3/c18-14-10-3-1-2-4-11(10)15-17(14)13-9-6-5-8(7-9)12(13)16(19)20-15/h1-6,8-9,12-13,15H,7H2. The number of carbonyl (C=O) groups excluding carboxylic acids is 2. The fraction of sp³-hybridized carbons (Fsp3) is 0.375. The van der Waals surface area contributed by atoms with E-state index in [1.54, 1.807) is 0 Å². The number of allylic oxidation sites excluding steroid dienone is 1. The van der Waals surface area contributed by atoms with Crippen molar-refractivity contribution >= 4 is 11.9 Å². The van der Waals surface area contributed by atoms with Crippen LogP contribution in [0.5, 0.6) is 0 Å². The van der Waals surface area contributed by atoms with E-state index in [0.29, 0.717) is 11.5 Å². The summed E-state index contributed by atoms with van der Waals surface area (Å²) in [4.78, 5) is 26.8. The van der Waals surface area contributed by atoms with E-state index in [2.05, 4.69) is 12.2 Å². The number of carbonyl (C=O) groups is 2. The maximum atomic E-state index is 12.7. The van der Waals surface area contributed by atoms with Gasteiger partial charge in [-0.3, -0.25) is 14.5 Å². The zero-order chi connectivity index (χ0) is 13.4. The number of esters is 1. The molecule has 0 radical (unpaired) electrons. The molecule has 1 aromatic rings. The summed E-state index contributed by atoms with van der Waals surface area (Å²) in [5, 5.41) is 0. The molecule has 0 aromatic heterocycles. The van der Waals surface area contributed by atoms with Crippen LogP contribution in [0.25, 0.3) is 0 Å². The van der Waals surface area contributed by atoms with Gasteiger partial charge >= 0.3 is 5.97 Å². The second-order valence-corrected chi connectivity index (χ2v) is 6.05. The SMILES string of the molecule is O=C1OC2c3ccccc3C(=O)N2C2C3C=CC(C3)C12. The van der Waals surface area contributed by atoms with E-state index in [0.717, 1.165) is 12.0 Å². The Morgan fingerprint density at radius 2 is 1.90 bits per heavy atom. The summed E-state index contributed by atoms with van der Waals surface area (Å²) in [7, 11) is 0. The lowest BCUT2D eigenvalue weighted by Crippen LogP contribution is -2.53. The molecule has 1 saturated heterocycles. The van der Waals surface area contributed by atoms with Gasteiger partial charge in [-0.15, -0.1) is 0 Å². The van der Waals surface area contributed by atoms with Gasteiger partial charge in [0.15, 0.2) is 0 Å². The number of nitrogens with zero attached hydrogens (tertiary/aromatic N) is 1. The number of rotatable bonds is 0. The molecule has 5 rings (SSSR count). The van der Waals surface area contributed by atoms with Gasteiger partial charge in [0, 0.05) is 11.1 Å². The van der Waals surface area contributed by atoms with Crippen molar-refractivity contribution in [3.63, 3.8) is 0 Å². The Morgan fingerprint density at radius 3 is 2.80 bits per heavy atom. The number of fused-ring (bicyclic) bond motifs is 9. The van der Waals surface area contributed by atoms with Crippen LogP contribution in [0.1, 0.15) is 28.6 Å². The van der Waals surface area contributed by atoms with Crippen LogP contribution >= 0.6 is 0 Å². The molecular weight excluding hydrogens is 254 g/mol. The highest BCUT2D eigenvalue weighted by atomic mass is 16.6. The van der Waals surface area contributed by atoms with E-state index >= 15 is 0 Å². The zero-order valence-electron chi connectivity index (χ0n) is 10.7. The minimum Gasteiger partial charge on any atom is -0.437 e. The topological polar surface area (TPSA) is 46.6 Å². The highest BCUT2D eigenvalue weighted by molar-refractivity contribution is 6.00. The normalized spacial score (nSPS) is 39.6. The summed E-state index contributed by atoms with van der Waals surface area (Å²) in [5.74, 6) is 0.250. The molecule has 5 atom stereocenters. The summed E-state index contributed by atoms with van der Waals surface area (Å²) in [6.45, 7) is 0. The predicted octanol–water partition coefficient (Wildman–Crippen LogP) is 1.89. The molecule has 0 spiro atoms. The Balaban J connectivity index is 1.67. The monoisotopic (exact) mass is 267 g/mol. The lowest BCUT2D eigenvalue weighted by molar-refractivity contribution is -0.181. The Kier molecular flexibility index (Phi) is 1.77. The van der Waals surface area contributed by atoms with Gasteiger partial charge in [-0.25, -0.2) is 0 Å². The van der Waals surface area contributed by atoms with E-state index in [1.807, 2.05) is 29.2 Å². The molecule has 2 fully saturated rings. The molecule has 2 heterocycles. The summed E-state index contributed by atoms with van der Waals surface area (Å²) in [6, 6.07) is 7.43. The van der Waals surface area contributed by atoms with Crippen molar-refractivity contribution in [3.05, 3.63) is 47.5 Å². The fourth-order valence-corrected chi connectivity index (χ4v) is 4.39. The summed E-state index contributed by atoms with van der Waals surface area (Å²) in [6.07, 6.45) is 4.73. The van der Waals surface area contributed by atoms with Crippen LogP contribution in [0.2, 0.25) is 0 Å². The average Bonchev–Trinajstić information content (AvgIpc) is 3.13. The molecule has 4 heteroatoms. The van der Waals surface area contributed by atoms with Crippen molar-refractivity contribution in [2.45, 2.75) is 18.7 Å². The van der Waals surface area contributed by atoms with Gasteiger partial charge in [-0.1, -0.05) is 30.4 Å². The minimum absolute atomic E-state index is 0.00838. The number of hydrogen-bond donors (Lipinski definition) is 0. The predicted molar refractivity (Wildman–Crippen MR) is 69.5 cm³/mol. The number of hydrogen-bond acceptors (Lipinski definition) is 3. The Bertz CT molecular complexity index is 680. The van der Waals surface area contributed by atoms with Crippen LogP contribution in [0.4, 0.5) is 0 Å². The largest absolute Gasteiger partial charge is 0.437 e. The molecular formula is C16H13NO3. The van der Waals surface area contributed by atoms with Gasteiger partial charge in [0.2, 0.25) is 6.23 Å². The third-order valence-corrected chi connectivity index (χ3v) is 5.18. The molecule has 100 valence electrons. The third kappa shape index (κ3) is 1.05. The number of benzene rings is 1. The number of amides is 1. The Hall–Kier alpha value is -2.10. The zero-order valence-corrected chi connectivity index (χ0v) is 10.7. The first-order valence-corrected chi connectivity index (χ1v) is 7.06. The molecule has 2 bridgehead atoms. The van der Waals surface area contributed by atoms with Crippen LogP contribution in [-0.2, 0) is 9.53 Å². The quantitative estimate of drug-likeness (QED) is 0.532. The maximum Gasteiger partial charge on any atom is 0.313 e. The van der Waals surface area contributed by atoms with Crippen molar-refractivity contribution in [1.29, 1.82) is 0 Å². The van der Waals surface area contributed by atoms with Crippen LogP contribution in [-0.4, -0.2) is 22.8 Å². The van der Waals surface area contributed by atoms with Crippen molar-refractivity contribution in [2.24, 2.45) is 17.8 Å². The summed E-state index contributed by atoms with van der Waals surface area (Å²) in [5.41, 5.74) is 1.51. The highest BCUT2D eigenvalue weighted by Gasteiger charge is 2.60. The summed E-state index contributed by atoms with van der Waals surface area (Å²) >= 11 is 0. The smallest absolute Gasteiger partial charge is 0.313 e.